The van der Waals surface area contributed by atoms with Crippen LogP contribution in [-0.4, -0.2) is 41.6 Å². The fourth-order valence-electron chi connectivity index (χ4n) is 3.94. The van der Waals surface area contributed by atoms with E-state index < -0.39 is 11.6 Å². The summed E-state index contributed by atoms with van der Waals surface area (Å²) in [6.45, 7) is 0.209. The molecule has 2 fully saturated rings. The zero-order valence-corrected chi connectivity index (χ0v) is 15.1. The SMILES string of the molecule is O=C(CN1C(=O)NC2(CCCCCC2)C1=O)NCc1ccc2c(c1)OCO2. The van der Waals surface area contributed by atoms with Crippen LogP contribution >= 0.6 is 0 Å². The summed E-state index contributed by atoms with van der Waals surface area (Å²) in [5.41, 5.74) is 0.0376. The Balaban J connectivity index is 1.35. The van der Waals surface area contributed by atoms with E-state index in [1.165, 1.54) is 0 Å². The van der Waals surface area contributed by atoms with E-state index in [2.05, 4.69) is 10.6 Å². The molecule has 0 radical (unpaired) electrons. The number of nitrogens with one attached hydrogen (secondary N) is 2. The molecule has 1 saturated heterocycles. The van der Waals surface area contributed by atoms with Crippen molar-refractivity contribution in [1.29, 1.82) is 0 Å². The summed E-state index contributed by atoms with van der Waals surface area (Å²) >= 11 is 0. The van der Waals surface area contributed by atoms with E-state index in [0.29, 0.717) is 24.3 Å². The van der Waals surface area contributed by atoms with Crippen molar-refractivity contribution in [3.63, 3.8) is 0 Å². The molecule has 2 heterocycles. The summed E-state index contributed by atoms with van der Waals surface area (Å²) in [5.74, 6) is 0.679. The second-order valence-corrected chi connectivity index (χ2v) is 7.28. The Kier molecular flexibility index (Phi) is 4.63. The molecule has 0 bridgehead atoms. The van der Waals surface area contributed by atoms with Crippen molar-refractivity contribution >= 4 is 17.8 Å². The van der Waals surface area contributed by atoms with Crippen LogP contribution in [0.25, 0.3) is 0 Å². The molecule has 1 aromatic carbocycles. The highest BCUT2D eigenvalue weighted by Crippen LogP contribution is 2.33. The number of fused-ring (bicyclic) bond motifs is 1. The van der Waals surface area contributed by atoms with Crippen molar-refractivity contribution in [3.8, 4) is 11.5 Å². The van der Waals surface area contributed by atoms with Gasteiger partial charge in [0.25, 0.3) is 5.91 Å². The highest BCUT2D eigenvalue weighted by molar-refractivity contribution is 6.09. The number of carbonyl (C=O) groups is 3. The summed E-state index contributed by atoms with van der Waals surface area (Å²) in [6.07, 6.45) is 5.26. The van der Waals surface area contributed by atoms with E-state index in [1.54, 1.807) is 12.1 Å². The van der Waals surface area contributed by atoms with Crippen LogP contribution in [0.5, 0.6) is 11.5 Å². The first kappa shape index (κ1) is 17.6. The molecule has 8 nitrogen and oxygen atoms in total. The molecule has 27 heavy (non-hydrogen) atoms. The fourth-order valence-corrected chi connectivity index (χ4v) is 3.94. The molecular weight excluding hydrogens is 350 g/mol. The number of nitrogens with zero attached hydrogens (tertiary/aromatic N) is 1. The maximum atomic E-state index is 12.8. The first-order valence-electron chi connectivity index (χ1n) is 9.37. The third-order valence-corrected chi connectivity index (χ3v) is 5.43. The maximum Gasteiger partial charge on any atom is 0.325 e. The highest BCUT2D eigenvalue weighted by atomic mass is 16.7. The van der Waals surface area contributed by atoms with Crippen molar-refractivity contribution in [1.82, 2.24) is 15.5 Å². The van der Waals surface area contributed by atoms with Gasteiger partial charge >= 0.3 is 6.03 Å². The molecule has 3 aliphatic rings. The number of ether oxygens (including phenoxy) is 2. The van der Waals surface area contributed by atoms with Crippen LogP contribution < -0.4 is 20.1 Å². The van der Waals surface area contributed by atoms with Crippen LogP contribution in [0.2, 0.25) is 0 Å². The van der Waals surface area contributed by atoms with Gasteiger partial charge in [-0.05, 0) is 30.5 Å². The minimum absolute atomic E-state index is 0.194. The van der Waals surface area contributed by atoms with E-state index >= 15 is 0 Å². The minimum Gasteiger partial charge on any atom is -0.454 e. The third kappa shape index (κ3) is 3.43. The Morgan fingerprint density at radius 2 is 1.85 bits per heavy atom. The monoisotopic (exact) mass is 373 g/mol. The van der Waals surface area contributed by atoms with Gasteiger partial charge in [-0.1, -0.05) is 31.7 Å². The summed E-state index contributed by atoms with van der Waals surface area (Å²) < 4.78 is 10.6. The van der Waals surface area contributed by atoms with Gasteiger partial charge in [0, 0.05) is 6.54 Å². The molecule has 8 heteroatoms. The smallest absolute Gasteiger partial charge is 0.325 e. The number of urea groups is 1. The van der Waals surface area contributed by atoms with E-state index in [4.69, 9.17) is 9.47 Å². The predicted octanol–water partition coefficient (Wildman–Crippen LogP) is 1.68. The van der Waals surface area contributed by atoms with Gasteiger partial charge in [0.15, 0.2) is 11.5 Å². The highest BCUT2D eigenvalue weighted by Gasteiger charge is 2.51. The lowest BCUT2D eigenvalue weighted by atomic mass is 9.90. The van der Waals surface area contributed by atoms with Crippen molar-refractivity contribution in [2.75, 3.05) is 13.3 Å². The van der Waals surface area contributed by atoms with Gasteiger partial charge in [-0.25, -0.2) is 4.79 Å². The van der Waals surface area contributed by atoms with Crippen LogP contribution in [-0.2, 0) is 16.1 Å². The Morgan fingerprint density at radius 3 is 2.63 bits per heavy atom. The number of carbonyl (C=O) groups excluding carboxylic acids is 3. The summed E-state index contributed by atoms with van der Waals surface area (Å²) in [5, 5.41) is 5.60. The van der Waals surface area contributed by atoms with Gasteiger partial charge < -0.3 is 20.1 Å². The zero-order chi connectivity index (χ0) is 18.9. The lowest BCUT2D eigenvalue weighted by Crippen LogP contribution is -2.47. The minimum atomic E-state index is -0.814. The van der Waals surface area contributed by atoms with Crippen LogP contribution in [0.4, 0.5) is 4.79 Å². The third-order valence-electron chi connectivity index (χ3n) is 5.43. The molecule has 4 rings (SSSR count). The van der Waals surface area contributed by atoms with Crippen molar-refractivity contribution in [2.45, 2.75) is 50.6 Å². The van der Waals surface area contributed by atoms with Crippen molar-refractivity contribution in [3.05, 3.63) is 23.8 Å². The molecule has 1 aliphatic carbocycles. The molecule has 2 aliphatic heterocycles. The number of imide groups is 1. The lowest BCUT2D eigenvalue weighted by Gasteiger charge is -2.24. The van der Waals surface area contributed by atoms with Gasteiger partial charge in [0.1, 0.15) is 12.1 Å². The maximum absolute atomic E-state index is 12.8. The molecule has 2 N–H and O–H groups in total. The topological polar surface area (TPSA) is 97.0 Å². The van der Waals surface area contributed by atoms with Crippen LogP contribution in [0.1, 0.15) is 44.1 Å². The number of hydrogen-bond donors (Lipinski definition) is 2. The molecule has 144 valence electrons. The van der Waals surface area contributed by atoms with Gasteiger partial charge in [-0.3, -0.25) is 14.5 Å². The molecule has 0 unspecified atom stereocenters. The second kappa shape index (κ2) is 7.09. The second-order valence-electron chi connectivity index (χ2n) is 7.28. The molecular formula is C19H23N3O5. The van der Waals surface area contributed by atoms with Crippen LogP contribution in [0.15, 0.2) is 18.2 Å². The average molecular weight is 373 g/mol. The quantitative estimate of drug-likeness (QED) is 0.783. The lowest BCUT2D eigenvalue weighted by molar-refractivity contribution is -0.135. The number of hydrogen-bond acceptors (Lipinski definition) is 5. The molecule has 4 amide bonds. The summed E-state index contributed by atoms with van der Waals surface area (Å²) in [6, 6.07) is 4.95. The molecule has 1 aromatic rings. The summed E-state index contributed by atoms with van der Waals surface area (Å²) in [7, 11) is 0. The molecule has 0 atom stereocenters. The predicted molar refractivity (Wildman–Crippen MR) is 95.1 cm³/mol. The van der Waals surface area contributed by atoms with Crippen molar-refractivity contribution in [2.24, 2.45) is 0 Å². The molecule has 1 spiro atoms. The van der Waals surface area contributed by atoms with E-state index in [1.807, 2.05) is 6.07 Å². The van der Waals surface area contributed by atoms with Gasteiger partial charge in [-0.2, -0.15) is 0 Å². The fraction of sp³-hybridized carbons (Fsp3) is 0.526. The Bertz CT molecular complexity index is 771. The molecule has 0 aromatic heterocycles. The number of benzene rings is 1. The van der Waals surface area contributed by atoms with Crippen LogP contribution in [0, 0.1) is 0 Å². The average Bonchev–Trinajstić information content (AvgIpc) is 3.11. The normalized spacial score (nSPS) is 20.5. The van der Waals surface area contributed by atoms with Gasteiger partial charge in [0.05, 0.1) is 0 Å². The summed E-state index contributed by atoms with van der Waals surface area (Å²) in [4.78, 5) is 38.4. The largest absolute Gasteiger partial charge is 0.454 e. The first-order chi connectivity index (χ1) is 13.1. The van der Waals surface area contributed by atoms with Gasteiger partial charge in [0.2, 0.25) is 12.7 Å². The number of rotatable bonds is 4. The van der Waals surface area contributed by atoms with E-state index in [0.717, 1.165) is 36.1 Å². The standard InChI is InChI=1S/C19H23N3O5/c23-16(20-10-13-5-6-14-15(9-13)27-12-26-14)11-22-17(24)19(21-18(22)25)7-3-1-2-4-8-19/h5-6,9H,1-4,7-8,10-12H2,(H,20,23)(H,21,25). The number of amides is 4. The Hall–Kier alpha value is -2.77. The van der Waals surface area contributed by atoms with Crippen LogP contribution in [0.3, 0.4) is 0 Å². The first-order valence-corrected chi connectivity index (χ1v) is 9.37. The Morgan fingerprint density at radius 1 is 1.11 bits per heavy atom. The van der Waals surface area contributed by atoms with E-state index in [-0.39, 0.29) is 31.7 Å². The zero-order valence-electron chi connectivity index (χ0n) is 15.1. The van der Waals surface area contributed by atoms with Crippen molar-refractivity contribution < 1.29 is 23.9 Å². The van der Waals surface area contributed by atoms with Gasteiger partial charge in [-0.15, -0.1) is 0 Å². The Labute approximate surface area is 157 Å². The van der Waals surface area contributed by atoms with E-state index in [9.17, 15) is 14.4 Å². The molecule has 1 saturated carbocycles.